The maximum absolute atomic E-state index is 12.5. The summed E-state index contributed by atoms with van der Waals surface area (Å²) in [7, 11) is -3.52. The number of sulfonamides is 1. The quantitative estimate of drug-likeness (QED) is 0.720. The molecule has 3 nitrogen and oxygen atoms in total. The molecule has 1 N–H and O–H groups in total. The smallest absolute Gasteiger partial charge is 0.208 e. The molecule has 1 unspecified atom stereocenters. The molecule has 0 spiro atoms. The second-order valence-electron chi connectivity index (χ2n) is 5.02. The molecule has 1 aromatic rings. The maximum Gasteiger partial charge on any atom is 0.241 e. The Morgan fingerprint density at radius 1 is 1.15 bits per heavy atom. The lowest BCUT2D eigenvalue weighted by atomic mass is 9.96. The van der Waals surface area contributed by atoms with Crippen LogP contribution in [0.1, 0.15) is 39.2 Å². The van der Waals surface area contributed by atoms with Crippen molar-refractivity contribution in [1.29, 1.82) is 0 Å². The molecule has 1 rings (SSSR count). The van der Waals surface area contributed by atoms with Gasteiger partial charge in [-0.05, 0) is 53.4 Å². The zero-order chi connectivity index (χ0) is 15.5. The number of hydrogen-bond acceptors (Lipinski definition) is 2. The third kappa shape index (κ3) is 4.29. The summed E-state index contributed by atoms with van der Waals surface area (Å²) in [6.45, 7) is 8.01. The Morgan fingerprint density at radius 2 is 1.70 bits per heavy atom. The number of rotatable bonds is 6. The third-order valence-electron chi connectivity index (χ3n) is 3.60. The topological polar surface area (TPSA) is 46.2 Å². The van der Waals surface area contributed by atoms with Crippen molar-refractivity contribution in [2.45, 2.75) is 51.5 Å². The van der Waals surface area contributed by atoms with E-state index in [1.54, 1.807) is 12.1 Å². The summed E-state index contributed by atoms with van der Waals surface area (Å²) in [6.07, 6.45) is 1.91. The highest BCUT2D eigenvalue weighted by atomic mass is 79.9. The zero-order valence-corrected chi connectivity index (χ0v) is 16.2. The van der Waals surface area contributed by atoms with E-state index in [2.05, 4.69) is 50.4 Å². The van der Waals surface area contributed by atoms with Crippen molar-refractivity contribution in [2.75, 3.05) is 0 Å². The van der Waals surface area contributed by atoms with Gasteiger partial charge in [-0.15, -0.1) is 0 Å². The summed E-state index contributed by atoms with van der Waals surface area (Å²) in [5, 5.41) is 0. The fraction of sp³-hybridized carbons (Fsp3) is 0.571. The van der Waals surface area contributed by atoms with E-state index in [0.717, 1.165) is 22.9 Å². The van der Waals surface area contributed by atoms with Gasteiger partial charge in [-0.3, -0.25) is 0 Å². The van der Waals surface area contributed by atoms with E-state index < -0.39 is 10.0 Å². The zero-order valence-electron chi connectivity index (χ0n) is 12.2. The van der Waals surface area contributed by atoms with Gasteiger partial charge in [0.1, 0.15) is 0 Å². The molecule has 0 bridgehead atoms. The van der Waals surface area contributed by atoms with Crippen LogP contribution < -0.4 is 4.72 Å². The molecular formula is C14H21Br2NO2S. The predicted molar refractivity (Wildman–Crippen MR) is 90.4 cm³/mol. The Bertz CT molecular complexity index is 569. The molecule has 1 aromatic carbocycles. The molecule has 114 valence electrons. The van der Waals surface area contributed by atoms with E-state index >= 15 is 0 Å². The van der Waals surface area contributed by atoms with Crippen molar-refractivity contribution in [3.8, 4) is 0 Å². The Morgan fingerprint density at radius 3 is 2.20 bits per heavy atom. The monoisotopic (exact) mass is 425 g/mol. The maximum atomic E-state index is 12.5. The Kier molecular flexibility index (Phi) is 6.70. The molecular weight excluding hydrogens is 406 g/mol. The van der Waals surface area contributed by atoms with E-state index in [9.17, 15) is 8.42 Å². The van der Waals surface area contributed by atoms with Crippen molar-refractivity contribution >= 4 is 41.9 Å². The van der Waals surface area contributed by atoms with Gasteiger partial charge < -0.3 is 0 Å². The van der Waals surface area contributed by atoms with Crippen molar-refractivity contribution in [1.82, 2.24) is 4.72 Å². The second kappa shape index (κ2) is 7.38. The number of benzene rings is 1. The van der Waals surface area contributed by atoms with Crippen LogP contribution in [0, 0.1) is 12.8 Å². The Hall–Kier alpha value is 0.0900. The highest BCUT2D eigenvalue weighted by Gasteiger charge is 2.24. The van der Waals surface area contributed by atoms with Crippen LogP contribution in [0.2, 0.25) is 0 Å². The summed E-state index contributed by atoms with van der Waals surface area (Å²) in [5.74, 6) is 0.345. The van der Waals surface area contributed by atoms with Crippen LogP contribution in [0.4, 0.5) is 0 Å². The number of aryl methyl sites for hydroxylation is 1. The van der Waals surface area contributed by atoms with Crippen LogP contribution >= 0.6 is 31.9 Å². The van der Waals surface area contributed by atoms with E-state index in [1.807, 2.05) is 13.8 Å². The Balaban J connectivity index is 3.09. The molecule has 0 saturated heterocycles. The summed E-state index contributed by atoms with van der Waals surface area (Å²) in [6, 6.07) is 3.36. The average Bonchev–Trinajstić information content (AvgIpc) is 2.34. The van der Waals surface area contributed by atoms with Crippen molar-refractivity contribution in [3.05, 3.63) is 26.6 Å². The van der Waals surface area contributed by atoms with Gasteiger partial charge in [-0.25, -0.2) is 13.1 Å². The van der Waals surface area contributed by atoms with Gasteiger partial charge in [-0.2, -0.15) is 0 Å². The molecule has 0 aliphatic carbocycles. The SMILES string of the molecule is CCC(CC)C(C)NS(=O)(=O)c1cc(Br)c(C)cc1Br. The highest BCUT2D eigenvalue weighted by Crippen LogP contribution is 2.29. The summed E-state index contributed by atoms with van der Waals surface area (Å²) < 4.78 is 29.2. The molecule has 0 saturated carbocycles. The first kappa shape index (κ1) is 18.1. The molecule has 0 aromatic heterocycles. The van der Waals surface area contributed by atoms with Crippen molar-refractivity contribution < 1.29 is 8.42 Å². The van der Waals surface area contributed by atoms with Crippen LogP contribution in [0.15, 0.2) is 26.0 Å². The lowest BCUT2D eigenvalue weighted by Crippen LogP contribution is -2.37. The minimum atomic E-state index is -3.52. The molecule has 1 atom stereocenters. The highest BCUT2D eigenvalue weighted by molar-refractivity contribution is 9.11. The van der Waals surface area contributed by atoms with Gasteiger partial charge in [0.25, 0.3) is 0 Å². The van der Waals surface area contributed by atoms with Gasteiger partial charge in [-0.1, -0.05) is 42.6 Å². The number of hydrogen-bond donors (Lipinski definition) is 1. The molecule has 0 heterocycles. The van der Waals surface area contributed by atoms with Crippen LogP contribution in [0.25, 0.3) is 0 Å². The van der Waals surface area contributed by atoms with Gasteiger partial charge in [0.15, 0.2) is 0 Å². The largest absolute Gasteiger partial charge is 0.241 e. The lowest BCUT2D eigenvalue weighted by Gasteiger charge is -2.22. The van der Waals surface area contributed by atoms with E-state index in [0.29, 0.717) is 10.4 Å². The van der Waals surface area contributed by atoms with Gasteiger partial charge in [0.2, 0.25) is 10.0 Å². The first-order valence-electron chi connectivity index (χ1n) is 6.70. The van der Waals surface area contributed by atoms with E-state index in [4.69, 9.17) is 0 Å². The molecule has 0 aliphatic rings. The first-order valence-corrected chi connectivity index (χ1v) is 9.77. The lowest BCUT2D eigenvalue weighted by molar-refractivity contribution is 0.390. The van der Waals surface area contributed by atoms with Crippen LogP contribution in [0.5, 0.6) is 0 Å². The fourth-order valence-electron chi connectivity index (χ4n) is 2.23. The fourth-order valence-corrected chi connectivity index (χ4v) is 5.22. The molecule has 0 amide bonds. The molecule has 20 heavy (non-hydrogen) atoms. The second-order valence-corrected chi connectivity index (χ2v) is 8.41. The Labute approximate surface area is 138 Å². The van der Waals surface area contributed by atoms with Crippen LogP contribution in [-0.4, -0.2) is 14.5 Å². The third-order valence-corrected chi connectivity index (χ3v) is 6.97. The van der Waals surface area contributed by atoms with Crippen LogP contribution in [-0.2, 0) is 10.0 Å². The minimum Gasteiger partial charge on any atom is -0.208 e. The molecule has 0 aliphatic heterocycles. The van der Waals surface area contributed by atoms with E-state index in [1.165, 1.54) is 0 Å². The summed E-state index contributed by atoms with van der Waals surface area (Å²) in [5.41, 5.74) is 0.990. The normalized spacial score (nSPS) is 13.8. The van der Waals surface area contributed by atoms with Gasteiger partial charge >= 0.3 is 0 Å². The van der Waals surface area contributed by atoms with Gasteiger partial charge in [0, 0.05) is 15.0 Å². The van der Waals surface area contributed by atoms with Crippen molar-refractivity contribution in [2.24, 2.45) is 5.92 Å². The minimum absolute atomic E-state index is 0.0815. The number of nitrogens with one attached hydrogen (secondary N) is 1. The average molecular weight is 427 g/mol. The van der Waals surface area contributed by atoms with Crippen molar-refractivity contribution in [3.63, 3.8) is 0 Å². The predicted octanol–water partition coefficient (Wildman–Crippen LogP) is 4.62. The summed E-state index contributed by atoms with van der Waals surface area (Å²) >= 11 is 6.72. The summed E-state index contributed by atoms with van der Waals surface area (Å²) in [4.78, 5) is 0.271. The van der Waals surface area contributed by atoms with E-state index in [-0.39, 0.29) is 10.9 Å². The first-order chi connectivity index (χ1) is 9.22. The molecule has 0 radical (unpaired) electrons. The van der Waals surface area contributed by atoms with Crippen LogP contribution in [0.3, 0.4) is 0 Å². The standard InChI is InChI=1S/C14H21Br2NO2S/c1-5-11(6-2)10(4)17-20(18,19)14-8-12(15)9(3)7-13(14)16/h7-8,10-11,17H,5-6H2,1-4H3. The van der Waals surface area contributed by atoms with Gasteiger partial charge in [0.05, 0.1) is 4.90 Å². The molecule has 6 heteroatoms. The number of halogens is 2. The molecule has 0 fully saturated rings.